The van der Waals surface area contributed by atoms with Crippen LogP contribution in [-0.4, -0.2) is 25.7 Å². The Bertz CT molecular complexity index is 286. The van der Waals surface area contributed by atoms with Crippen molar-refractivity contribution in [3.63, 3.8) is 0 Å². The zero-order valence-electron chi connectivity index (χ0n) is 8.77. The van der Waals surface area contributed by atoms with Crippen LogP contribution in [-0.2, 0) is 0 Å². The molecule has 14 heavy (non-hydrogen) atoms. The summed E-state index contributed by atoms with van der Waals surface area (Å²) in [7, 11) is 3.93. The average Bonchev–Trinajstić information content (AvgIpc) is 2.18. The number of anilines is 1. The number of aliphatic hydroxyl groups excluding tert-OH is 1. The van der Waals surface area contributed by atoms with E-state index in [0.29, 0.717) is 13.0 Å². The number of aliphatic hydroxyl groups is 1. The molecule has 1 aromatic carbocycles. The van der Waals surface area contributed by atoms with Gasteiger partial charge in [0.25, 0.3) is 0 Å². The highest BCUT2D eigenvalue weighted by atomic mass is 16.3. The molecule has 0 amide bonds. The van der Waals surface area contributed by atoms with Crippen molar-refractivity contribution in [2.45, 2.75) is 12.5 Å². The first-order valence-electron chi connectivity index (χ1n) is 4.81. The van der Waals surface area contributed by atoms with Crippen LogP contribution in [0.4, 0.5) is 5.69 Å². The number of benzene rings is 1. The van der Waals surface area contributed by atoms with Crippen LogP contribution >= 0.6 is 0 Å². The molecule has 0 aliphatic carbocycles. The maximum Gasteiger partial charge on any atom is 0.0822 e. The van der Waals surface area contributed by atoms with E-state index < -0.39 is 6.10 Å². The zero-order valence-corrected chi connectivity index (χ0v) is 8.77. The molecule has 3 nitrogen and oxygen atoms in total. The molecular weight excluding hydrogens is 176 g/mol. The van der Waals surface area contributed by atoms with Gasteiger partial charge in [-0.3, -0.25) is 0 Å². The maximum absolute atomic E-state index is 9.84. The molecule has 0 aliphatic heterocycles. The van der Waals surface area contributed by atoms with Gasteiger partial charge < -0.3 is 15.7 Å². The van der Waals surface area contributed by atoms with E-state index >= 15 is 0 Å². The molecule has 0 heterocycles. The van der Waals surface area contributed by atoms with Crippen LogP contribution in [0.15, 0.2) is 24.3 Å². The lowest BCUT2D eigenvalue weighted by atomic mass is 10.0. The lowest BCUT2D eigenvalue weighted by molar-refractivity contribution is 0.171. The van der Waals surface area contributed by atoms with E-state index in [1.165, 1.54) is 0 Å². The van der Waals surface area contributed by atoms with Gasteiger partial charge in [-0.1, -0.05) is 18.2 Å². The van der Waals surface area contributed by atoms with Crippen molar-refractivity contribution in [1.82, 2.24) is 0 Å². The molecule has 3 heteroatoms. The van der Waals surface area contributed by atoms with Crippen LogP contribution in [0.1, 0.15) is 18.1 Å². The zero-order chi connectivity index (χ0) is 10.6. The Morgan fingerprint density at radius 1 is 1.36 bits per heavy atom. The average molecular weight is 194 g/mol. The predicted octanol–water partition coefficient (Wildman–Crippen LogP) is 1.13. The van der Waals surface area contributed by atoms with E-state index in [-0.39, 0.29) is 0 Å². The highest BCUT2D eigenvalue weighted by molar-refractivity contribution is 5.53. The number of nitrogens with two attached hydrogens (primary N) is 1. The van der Waals surface area contributed by atoms with Crippen molar-refractivity contribution < 1.29 is 5.11 Å². The number of para-hydroxylation sites is 1. The molecule has 1 atom stereocenters. The highest BCUT2D eigenvalue weighted by Gasteiger charge is 2.11. The fourth-order valence-electron chi connectivity index (χ4n) is 1.49. The largest absolute Gasteiger partial charge is 0.388 e. The van der Waals surface area contributed by atoms with Crippen molar-refractivity contribution >= 4 is 5.69 Å². The summed E-state index contributed by atoms with van der Waals surface area (Å²) in [5.74, 6) is 0. The van der Waals surface area contributed by atoms with Crippen LogP contribution in [0.25, 0.3) is 0 Å². The van der Waals surface area contributed by atoms with E-state index in [2.05, 4.69) is 0 Å². The highest BCUT2D eigenvalue weighted by Crippen LogP contribution is 2.26. The van der Waals surface area contributed by atoms with E-state index in [9.17, 15) is 5.11 Å². The Morgan fingerprint density at radius 2 is 2.00 bits per heavy atom. The standard InChI is InChI=1S/C11H18N2O/c1-13(2)10-6-4-3-5-9(10)11(14)7-8-12/h3-6,11,14H,7-8,12H2,1-2H3/t11-/m1/s1. The van der Waals surface area contributed by atoms with Crippen LogP contribution in [0.5, 0.6) is 0 Å². The van der Waals surface area contributed by atoms with Crippen LogP contribution in [0.3, 0.4) is 0 Å². The molecular formula is C11H18N2O. The summed E-state index contributed by atoms with van der Waals surface area (Å²) in [6, 6.07) is 7.83. The minimum absolute atomic E-state index is 0.460. The van der Waals surface area contributed by atoms with Gasteiger partial charge in [0.05, 0.1) is 6.10 Å². The summed E-state index contributed by atoms with van der Waals surface area (Å²) in [6.07, 6.45) is 0.142. The van der Waals surface area contributed by atoms with Gasteiger partial charge in [0, 0.05) is 25.3 Å². The van der Waals surface area contributed by atoms with E-state index in [1.807, 2.05) is 43.3 Å². The number of hydrogen-bond donors (Lipinski definition) is 2. The fourth-order valence-corrected chi connectivity index (χ4v) is 1.49. The first-order valence-corrected chi connectivity index (χ1v) is 4.81. The summed E-state index contributed by atoms with van der Waals surface area (Å²) in [6.45, 7) is 0.503. The molecule has 0 fully saturated rings. The molecule has 78 valence electrons. The van der Waals surface area contributed by atoms with Gasteiger partial charge in [0.2, 0.25) is 0 Å². The maximum atomic E-state index is 9.84. The molecule has 0 saturated heterocycles. The molecule has 0 aliphatic rings. The Balaban J connectivity index is 2.94. The Morgan fingerprint density at radius 3 is 2.57 bits per heavy atom. The molecule has 1 aromatic rings. The van der Waals surface area contributed by atoms with Gasteiger partial charge in [0.15, 0.2) is 0 Å². The summed E-state index contributed by atoms with van der Waals surface area (Å²) < 4.78 is 0. The third kappa shape index (κ3) is 2.47. The molecule has 0 saturated carbocycles. The molecule has 0 radical (unpaired) electrons. The van der Waals surface area contributed by atoms with Crippen molar-refractivity contribution in [2.75, 3.05) is 25.5 Å². The number of rotatable bonds is 4. The molecule has 0 bridgehead atoms. The topological polar surface area (TPSA) is 49.5 Å². The van der Waals surface area contributed by atoms with Gasteiger partial charge in [-0.05, 0) is 19.0 Å². The van der Waals surface area contributed by atoms with Crippen molar-refractivity contribution in [2.24, 2.45) is 5.73 Å². The first kappa shape index (κ1) is 11.0. The molecule has 1 rings (SSSR count). The van der Waals surface area contributed by atoms with Crippen LogP contribution < -0.4 is 10.6 Å². The van der Waals surface area contributed by atoms with Gasteiger partial charge in [-0.2, -0.15) is 0 Å². The first-order chi connectivity index (χ1) is 6.66. The lowest BCUT2D eigenvalue weighted by Crippen LogP contribution is -2.14. The molecule has 0 aromatic heterocycles. The van der Waals surface area contributed by atoms with Crippen LogP contribution in [0, 0.1) is 0 Å². The number of nitrogens with zero attached hydrogens (tertiary/aromatic N) is 1. The Hall–Kier alpha value is -1.06. The van der Waals surface area contributed by atoms with E-state index in [0.717, 1.165) is 11.3 Å². The lowest BCUT2D eigenvalue weighted by Gasteiger charge is -2.20. The second-order valence-electron chi connectivity index (χ2n) is 3.55. The van der Waals surface area contributed by atoms with Crippen LogP contribution in [0.2, 0.25) is 0 Å². The third-order valence-corrected chi connectivity index (χ3v) is 2.22. The van der Waals surface area contributed by atoms with Crippen molar-refractivity contribution in [3.8, 4) is 0 Å². The second-order valence-corrected chi connectivity index (χ2v) is 3.55. The summed E-state index contributed by atoms with van der Waals surface area (Å²) in [4.78, 5) is 2.00. The molecule has 0 spiro atoms. The van der Waals surface area contributed by atoms with E-state index in [1.54, 1.807) is 0 Å². The fraction of sp³-hybridized carbons (Fsp3) is 0.455. The summed E-state index contributed by atoms with van der Waals surface area (Å²) in [5.41, 5.74) is 7.42. The smallest absolute Gasteiger partial charge is 0.0822 e. The predicted molar refractivity (Wildman–Crippen MR) is 59.4 cm³/mol. The number of hydrogen-bond acceptors (Lipinski definition) is 3. The molecule has 0 unspecified atom stereocenters. The SMILES string of the molecule is CN(C)c1ccccc1[C@H](O)CCN. The molecule has 3 N–H and O–H groups in total. The van der Waals surface area contributed by atoms with Gasteiger partial charge in [0.1, 0.15) is 0 Å². The minimum atomic E-state index is -0.460. The summed E-state index contributed by atoms with van der Waals surface area (Å²) in [5, 5.41) is 9.84. The van der Waals surface area contributed by atoms with E-state index in [4.69, 9.17) is 5.73 Å². The van der Waals surface area contributed by atoms with Gasteiger partial charge >= 0.3 is 0 Å². The minimum Gasteiger partial charge on any atom is -0.388 e. The van der Waals surface area contributed by atoms with Gasteiger partial charge in [-0.25, -0.2) is 0 Å². The normalized spacial score (nSPS) is 12.6. The second kappa shape index (κ2) is 4.98. The summed E-state index contributed by atoms with van der Waals surface area (Å²) >= 11 is 0. The van der Waals surface area contributed by atoms with Crippen molar-refractivity contribution in [3.05, 3.63) is 29.8 Å². The third-order valence-electron chi connectivity index (χ3n) is 2.22. The Kier molecular flexibility index (Phi) is 3.92. The quantitative estimate of drug-likeness (QED) is 0.755. The Labute approximate surface area is 85.2 Å². The monoisotopic (exact) mass is 194 g/mol. The van der Waals surface area contributed by atoms with Crippen molar-refractivity contribution in [1.29, 1.82) is 0 Å². The van der Waals surface area contributed by atoms with Gasteiger partial charge in [-0.15, -0.1) is 0 Å².